The minimum atomic E-state index is -0.422. The van der Waals surface area contributed by atoms with Gasteiger partial charge >= 0.3 is 6.03 Å². The summed E-state index contributed by atoms with van der Waals surface area (Å²) in [6.07, 6.45) is 3.72. The van der Waals surface area contributed by atoms with Crippen molar-refractivity contribution in [2.24, 2.45) is 7.05 Å². The van der Waals surface area contributed by atoms with E-state index in [4.69, 9.17) is 0 Å². The van der Waals surface area contributed by atoms with Gasteiger partial charge < -0.3 is 4.90 Å². The molecule has 1 N–H and O–H groups in total. The molecular weight excluding hydrogens is 370 g/mol. The second-order valence-electron chi connectivity index (χ2n) is 7.88. The molecule has 0 unspecified atom stereocenters. The van der Waals surface area contributed by atoms with Crippen LogP contribution in [0.15, 0.2) is 18.2 Å². The first kappa shape index (κ1) is 19.4. The van der Waals surface area contributed by atoms with Crippen LogP contribution in [0, 0.1) is 0 Å². The third-order valence-corrected chi connectivity index (χ3v) is 5.95. The van der Waals surface area contributed by atoms with E-state index in [2.05, 4.69) is 22.5 Å². The van der Waals surface area contributed by atoms with E-state index in [1.54, 1.807) is 4.68 Å². The molecule has 29 heavy (non-hydrogen) atoms. The standard InChI is InChI=1S/C21H27N5O3/c1-3-4-19(28)25-10-7-14(8-11-25)15-5-6-16-17(13-15)24(2)23-20(16)26-12-9-18(27)22-21(26)29/h5-6,13-14H,3-4,7-12H2,1-2H3,(H,22,27,29). The maximum absolute atomic E-state index is 12.2. The monoisotopic (exact) mass is 397 g/mol. The van der Waals surface area contributed by atoms with Gasteiger partial charge in [0.25, 0.3) is 0 Å². The number of imide groups is 1. The Balaban J connectivity index is 1.54. The number of fused-ring (bicyclic) bond motifs is 1. The van der Waals surface area contributed by atoms with E-state index < -0.39 is 6.03 Å². The number of aromatic nitrogens is 2. The Bertz CT molecular complexity index is 959. The van der Waals surface area contributed by atoms with Crippen LogP contribution in [0.1, 0.15) is 50.5 Å². The number of rotatable bonds is 4. The molecule has 2 aromatic rings. The largest absolute Gasteiger partial charge is 0.343 e. The van der Waals surface area contributed by atoms with Gasteiger partial charge in [0.05, 0.1) is 5.52 Å². The van der Waals surface area contributed by atoms with Gasteiger partial charge in [-0.15, -0.1) is 0 Å². The summed E-state index contributed by atoms with van der Waals surface area (Å²) in [5.41, 5.74) is 2.21. The maximum atomic E-state index is 12.2. The molecule has 8 nitrogen and oxygen atoms in total. The molecule has 1 aromatic heterocycles. The van der Waals surface area contributed by atoms with E-state index in [1.807, 2.05) is 24.9 Å². The molecule has 0 radical (unpaired) electrons. The molecule has 0 saturated carbocycles. The predicted octanol–water partition coefficient (Wildman–Crippen LogP) is 2.53. The highest BCUT2D eigenvalue weighted by Crippen LogP contribution is 2.33. The molecule has 2 aliphatic rings. The van der Waals surface area contributed by atoms with E-state index in [-0.39, 0.29) is 18.2 Å². The normalized spacial score (nSPS) is 18.4. The van der Waals surface area contributed by atoms with Crippen molar-refractivity contribution in [1.82, 2.24) is 20.0 Å². The van der Waals surface area contributed by atoms with Crippen LogP contribution in [0.25, 0.3) is 10.9 Å². The first-order valence-electron chi connectivity index (χ1n) is 10.3. The van der Waals surface area contributed by atoms with E-state index >= 15 is 0 Å². The summed E-state index contributed by atoms with van der Waals surface area (Å²) < 4.78 is 1.79. The zero-order valence-electron chi connectivity index (χ0n) is 17.0. The van der Waals surface area contributed by atoms with Crippen molar-refractivity contribution in [2.45, 2.75) is 44.9 Å². The smallest absolute Gasteiger partial charge is 0.329 e. The highest BCUT2D eigenvalue weighted by molar-refractivity contribution is 6.08. The first-order chi connectivity index (χ1) is 14.0. The SMILES string of the molecule is CCCC(=O)N1CCC(c2ccc3c(N4CCC(=O)NC4=O)nn(C)c3c2)CC1. The van der Waals surface area contributed by atoms with Crippen LogP contribution >= 0.6 is 0 Å². The fourth-order valence-electron chi connectivity index (χ4n) is 4.31. The average molecular weight is 397 g/mol. The number of carbonyl (C=O) groups is 3. The molecule has 0 spiro atoms. The second-order valence-corrected chi connectivity index (χ2v) is 7.88. The van der Waals surface area contributed by atoms with Crippen molar-refractivity contribution in [1.29, 1.82) is 0 Å². The molecule has 0 aliphatic carbocycles. The minimum Gasteiger partial charge on any atom is -0.343 e. The topological polar surface area (TPSA) is 87.5 Å². The lowest BCUT2D eigenvalue weighted by Gasteiger charge is -2.32. The summed E-state index contributed by atoms with van der Waals surface area (Å²) in [7, 11) is 1.87. The number of urea groups is 1. The Morgan fingerprint density at radius 1 is 1.21 bits per heavy atom. The van der Waals surface area contributed by atoms with Gasteiger partial charge in [-0.3, -0.25) is 24.5 Å². The van der Waals surface area contributed by atoms with Gasteiger partial charge in [0.1, 0.15) is 0 Å². The Morgan fingerprint density at radius 3 is 2.66 bits per heavy atom. The number of nitrogens with zero attached hydrogens (tertiary/aromatic N) is 4. The third kappa shape index (κ3) is 3.71. The Labute approximate surface area is 169 Å². The first-order valence-corrected chi connectivity index (χ1v) is 10.3. The van der Waals surface area contributed by atoms with E-state index in [0.717, 1.165) is 43.3 Å². The van der Waals surface area contributed by atoms with Crippen molar-refractivity contribution >= 4 is 34.6 Å². The summed E-state index contributed by atoms with van der Waals surface area (Å²) in [5.74, 6) is 1.01. The summed E-state index contributed by atoms with van der Waals surface area (Å²) in [6, 6.07) is 5.85. The fraction of sp³-hybridized carbons (Fsp3) is 0.524. The summed E-state index contributed by atoms with van der Waals surface area (Å²) >= 11 is 0. The summed E-state index contributed by atoms with van der Waals surface area (Å²) in [5, 5.41) is 7.80. The molecule has 3 heterocycles. The molecule has 0 bridgehead atoms. The van der Waals surface area contributed by atoms with Crippen LogP contribution in [0.5, 0.6) is 0 Å². The van der Waals surface area contributed by atoms with Crippen LogP contribution in [0.4, 0.5) is 10.6 Å². The lowest BCUT2D eigenvalue weighted by atomic mass is 9.89. The van der Waals surface area contributed by atoms with Crippen LogP contribution in [-0.4, -0.2) is 52.2 Å². The Hall–Kier alpha value is -2.90. The molecule has 2 aliphatic heterocycles. The summed E-state index contributed by atoms with van der Waals surface area (Å²) in [4.78, 5) is 39.3. The molecule has 154 valence electrons. The lowest BCUT2D eigenvalue weighted by Crippen LogP contribution is -2.49. The Kier molecular flexibility index (Phi) is 5.25. The molecule has 2 saturated heterocycles. The number of piperidine rings is 1. The van der Waals surface area contributed by atoms with Gasteiger partial charge in [-0.1, -0.05) is 13.0 Å². The molecule has 4 rings (SSSR count). The van der Waals surface area contributed by atoms with Crippen molar-refractivity contribution in [3.8, 4) is 0 Å². The highest BCUT2D eigenvalue weighted by atomic mass is 16.2. The van der Waals surface area contributed by atoms with Gasteiger partial charge in [-0.25, -0.2) is 4.79 Å². The fourth-order valence-corrected chi connectivity index (χ4v) is 4.31. The lowest BCUT2D eigenvalue weighted by molar-refractivity contribution is -0.132. The van der Waals surface area contributed by atoms with Gasteiger partial charge in [-0.2, -0.15) is 5.10 Å². The number of likely N-dealkylation sites (tertiary alicyclic amines) is 1. The van der Waals surface area contributed by atoms with Crippen LogP contribution in [0.2, 0.25) is 0 Å². The number of nitrogens with one attached hydrogen (secondary N) is 1. The van der Waals surface area contributed by atoms with Gasteiger partial charge in [0, 0.05) is 44.9 Å². The average Bonchev–Trinajstić information content (AvgIpc) is 3.04. The quantitative estimate of drug-likeness (QED) is 0.859. The molecule has 2 fully saturated rings. The molecule has 8 heteroatoms. The molecule has 4 amide bonds. The maximum Gasteiger partial charge on any atom is 0.329 e. The number of carbonyl (C=O) groups excluding carboxylic acids is 3. The minimum absolute atomic E-state index is 0.252. The van der Waals surface area contributed by atoms with Crippen molar-refractivity contribution in [3.63, 3.8) is 0 Å². The van der Waals surface area contributed by atoms with Crippen molar-refractivity contribution in [3.05, 3.63) is 23.8 Å². The second kappa shape index (κ2) is 7.85. The number of aryl methyl sites for hydroxylation is 1. The van der Waals surface area contributed by atoms with E-state index in [9.17, 15) is 14.4 Å². The van der Waals surface area contributed by atoms with Gasteiger partial charge in [-0.05, 0) is 42.9 Å². The van der Waals surface area contributed by atoms with Crippen LogP contribution in [-0.2, 0) is 16.6 Å². The number of anilines is 1. The van der Waals surface area contributed by atoms with E-state index in [0.29, 0.717) is 24.7 Å². The third-order valence-electron chi connectivity index (χ3n) is 5.95. The van der Waals surface area contributed by atoms with Crippen LogP contribution < -0.4 is 10.2 Å². The van der Waals surface area contributed by atoms with Crippen molar-refractivity contribution < 1.29 is 14.4 Å². The molecule has 0 atom stereocenters. The zero-order chi connectivity index (χ0) is 20.5. The van der Waals surface area contributed by atoms with Gasteiger partial charge in [0.2, 0.25) is 11.8 Å². The Morgan fingerprint density at radius 2 is 1.97 bits per heavy atom. The highest BCUT2D eigenvalue weighted by Gasteiger charge is 2.29. The van der Waals surface area contributed by atoms with Gasteiger partial charge in [0.15, 0.2) is 5.82 Å². The number of benzene rings is 1. The van der Waals surface area contributed by atoms with E-state index in [1.165, 1.54) is 10.5 Å². The van der Waals surface area contributed by atoms with Crippen molar-refractivity contribution in [2.75, 3.05) is 24.5 Å². The molecule has 1 aromatic carbocycles. The molecular formula is C21H27N5O3. The van der Waals surface area contributed by atoms with Crippen LogP contribution in [0.3, 0.4) is 0 Å². The number of hydrogen-bond donors (Lipinski definition) is 1. The predicted molar refractivity (Wildman–Crippen MR) is 110 cm³/mol. The zero-order valence-corrected chi connectivity index (χ0v) is 17.0. The number of hydrogen-bond acceptors (Lipinski definition) is 4. The number of amides is 4. The summed E-state index contributed by atoms with van der Waals surface area (Å²) in [6.45, 7) is 3.98.